The number of hydrogen-bond acceptors (Lipinski definition) is 2. The van der Waals surface area contributed by atoms with E-state index in [1.807, 2.05) is 78.9 Å². The summed E-state index contributed by atoms with van der Waals surface area (Å²) in [4.78, 5) is 30.5. The van der Waals surface area contributed by atoms with Gasteiger partial charge in [0.25, 0.3) is 11.8 Å². The molecule has 4 nitrogen and oxygen atoms in total. The Hall–Kier alpha value is -6.09. The molecule has 50 heavy (non-hydrogen) atoms. The van der Waals surface area contributed by atoms with E-state index in [-0.39, 0.29) is 11.8 Å². The number of carbonyl (C=O) groups excluding carboxylic acids is 2. The van der Waals surface area contributed by atoms with Gasteiger partial charge in [0.15, 0.2) is 0 Å². The van der Waals surface area contributed by atoms with Crippen LogP contribution in [0, 0.1) is 6.92 Å². The zero-order valence-corrected chi connectivity index (χ0v) is 28.5. The van der Waals surface area contributed by atoms with E-state index in [0.29, 0.717) is 22.5 Å². The zero-order valence-electron chi connectivity index (χ0n) is 27.3. The molecular weight excluding hydrogens is 631 g/mol. The summed E-state index contributed by atoms with van der Waals surface area (Å²) in [5, 5.41) is 2.92. The van der Waals surface area contributed by atoms with E-state index in [1.165, 1.54) is 10.5 Å². The van der Waals surface area contributed by atoms with Crippen LogP contribution in [0.1, 0.15) is 26.3 Å². The zero-order chi connectivity index (χ0) is 33.9. The van der Waals surface area contributed by atoms with Gasteiger partial charge < -0.3 is 4.57 Å². The Labute approximate surface area is 292 Å². The Morgan fingerprint density at radius 1 is 0.460 bits per heavy atom. The molecule has 1 aromatic heterocycles. The molecule has 9 rings (SSSR count). The van der Waals surface area contributed by atoms with Crippen LogP contribution in [-0.4, -0.2) is 16.4 Å². The fraction of sp³-hybridized carbons (Fsp3) is 0.0222. The number of rotatable bonds is 5. The predicted molar refractivity (Wildman–Crippen MR) is 209 cm³/mol. The van der Waals surface area contributed by atoms with Crippen LogP contribution >= 0.6 is 9.24 Å². The fourth-order valence-corrected chi connectivity index (χ4v) is 7.70. The molecule has 0 fully saturated rings. The van der Waals surface area contributed by atoms with Gasteiger partial charge in [-0.1, -0.05) is 145 Å². The van der Waals surface area contributed by atoms with Crippen LogP contribution in [-0.2, 0) is 0 Å². The van der Waals surface area contributed by atoms with Crippen LogP contribution in [0.15, 0.2) is 158 Å². The summed E-state index contributed by atoms with van der Waals surface area (Å²) >= 11 is 0. The Balaban J connectivity index is 1.33. The average Bonchev–Trinajstić information content (AvgIpc) is 3.64. The average molecular weight is 663 g/mol. The molecule has 1 atom stereocenters. The van der Waals surface area contributed by atoms with E-state index in [9.17, 15) is 9.59 Å². The van der Waals surface area contributed by atoms with Crippen LogP contribution in [0.2, 0.25) is 0 Å². The number of hydrogen-bond donors (Lipinski definition) is 0. The molecule has 0 aliphatic carbocycles. The minimum atomic E-state index is -0.338. The predicted octanol–water partition coefficient (Wildman–Crippen LogP) is 10.4. The number of carbonyl (C=O) groups is 2. The molecule has 1 unspecified atom stereocenters. The van der Waals surface area contributed by atoms with E-state index in [1.54, 1.807) is 6.07 Å². The second-order valence-electron chi connectivity index (χ2n) is 12.8. The highest BCUT2D eigenvalue weighted by atomic mass is 31.0. The van der Waals surface area contributed by atoms with Gasteiger partial charge in [-0.3, -0.25) is 9.59 Å². The molecule has 7 aromatic carbocycles. The number of benzene rings is 7. The van der Waals surface area contributed by atoms with Crippen LogP contribution in [0.4, 0.5) is 5.69 Å². The van der Waals surface area contributed by atoms with Crippen molar-refractivity contribution in [3.63, 3.8) is 0 Å². The Kier molecular flexibility index (Phi) is 7.08. The number of para-hydroxylation sites is 2. The quantitative estimate of drug-likeness (QED) is 0.136. The van der Waals surface area contributed by atoms with Gasteiger partial charge in [-0.2, -0.15) is 0 Å². The number of aryl methyl sites for hydroxylation is 1. The maximum atomic E-state index is 14.8. The molecule has 1 aliphatic rings. The molecular formula is C45H31N2O2P. The number of anilines is 1. The molecule has 5 heteroatoms. The lowest BCUT2D eigenvalue weighted by molar-refractivity contribution is 0.0926. The monoisotopic (exact) mass is 662 g/mol. The molecule has 2 heterocycles. The van der Waals surface area contributed by atoms with Crippen molar-refractivity contribution in [3.8, 4) is 39.1 Å². The summed E-state index contributed by atoms with van der Waals surface area (Å²) in [6.07, 6.45) is 0. The highest BCUT2D eigenvalue weighted by Crippen LogP contribution is 2.44. The Morgan fingerprint density at radius 3 is 1.64 bits per heavy atom. The Bertz CT molecular complexity index is 2640. The van der Waals surface area contributed by atoms with Gasteiger partial charge in [-0.05, 0) is 52.7 Å². The summed E-state index contributed by atoms with van der Waals surface area (Å²) in [6.45, 7) is 2.09. The largest absolute Gasteiger partial charge is 0.307 e. The van der Waals surface area contributed by atoms with Gasteiger partial charge >= 0.3 is 0 Å². The lowest BCUT2D eigenvalue weighted by atomic mass is 10.00. The third-order valence-electron chi connectivity index (χ3n) is 9.77. The number of fused-ring (bicyclic) bond motifs is 4. The number of amides is 2. The molecule has 238 valence electrons. The van der Waals surface area contributed by atoms with Crippen LogP contribution in [0.25, 0.3) is 60.9 Å². The Morgan fingerprint density at radius 2 is 1.00 bits per heavy atom. The summed E-state index contributed by atoms with van der Waals surface area (Å²) in [5.74, 6) is -0.668. The SMILES string of the molecule is Cc1ccc(-c2cccc3c4cccc(-c5ccccc5)c4n(-c4cccc5c4C(=O)N(c4cc(-c6ccccc6)ccc4P)C5=O)c23)cc1. The summed E-state index contributed by atoms with van der Waals surface area (Å²) in [5.41, 5.74) is 11.4. The van der Waals surface area contributed by atoms with Crippen LogP contribution in [0.5, 0.6) is 0 Å². The van der Waals surface area contributed by atoms with Crippen molar-refractivity contribution in [2.45, 2.75) is 6.92 Å². The first kappa shape index (κ1) is 30.0. The molecule has 0 saturated heterocycles. The molecule has 0 N–H and O–H groups in total. The van der Waals surface area contributed by atoms with E-state index in [4.69, 9.17) is 0 Å². The van der Waals surface area contributed by atoms with Crippen molar-refractivity contribution in [2.75, 3.05) is 4.90 Å². The van der Waals surface area contributed by atoms with Gasteiger partial charge in [0.1, 0.15) is 0 Å². The van der Waals surface area contributed by atoms with E-state index >= 15 is 0 Å². The molecule has 0 spiro atoms. The number of aromatic nitrogens is 1. The second kappa shape index (κ2) is 11.8. The van der Waals surface area contributed by atoms with Crippen molar-refractivity contribution in [2.24, 2.45) is 0 Å². The van der Waals surface area contributed by atoms with Crippen molar-refractivity contribution >= 4 is 53.9 Å². The van der Waals surface area contributed by atoms with Gasteiger partial charge in [-0.15, -0.1) is 9.24 Å². The summed E-state index contributed by atoms with van der Waals surface area (Å²) in [7, 11) is 2.71. The number of nitrogens with zero attached hydrogens (tertiary/aromatic N) is 2. The van der Waals surface area contributed by atoms with E-state index in [2.05, 4.69) is 93.5 Å². The molecule has 0 saturated carbocycles. The highest BCUT2D eigenvalue weighted by Gasteiger charge is 2.40. The van der Waals surface area contributed by atoms with Crippen LogP contribution in [0.3, 0.4) is 0 Å². The van der Waals surface area contributed by atoms with Crippen molar-refractivity contribution < 1.29 is 9.59 Å². The number of imide groups is 1. The van der Waals surface area contributed by atoms with Gasteiger partial charge in [0.05, 0.1) is 33.5 Å². The molecule has 8 aromatic rings. The maximum Gasteiger partial charge on any atom is 0.268 e. The van der Waals surface area contributed by atoms with Crippen molar-refractivity contribution in [3.05, 3.63) is 174 Å². The molecule has 0 radical (unpaired) electrons. The van der Waals surface area contributed by atoms with Gasteiger partial charge in [0.2, 0.25) is 0 Å². The first-order valence-electron chi connectivity index (χ1n) is 16.7. The van der Waals surface area contributed by atoms with Crippen LogP contribution < -0.4 is 10.2 Å². The molecule has 0 bridgehead atoms. The van der Waals surface area contributed by atoms with Crippen molar-refractivity contribution in [1.82, 2.24) is 4.57 Å². The van der Waals surface area contributed by atoms with E-state index in [0.717, 1.165) is 60.5 Å². The minimum absolute atomic E-state index is 0.330. The highest BCUT2D eigenvalue weighted by molar-refractivity contribution is 7.28. The lowest BCUT2D eigenvalue weighted by Gasteiger charge is -2.19. The minimum Gasteiger partial charge on any atom is -0.307 e. The molecule has 1 aliphatic heterocycles. The second-order valence-corrected chi connectivity index (χ2v) is 13.4. The lowest BCUT2D eigenvalue weighted by Crippen LogP contribution is -2.32. The van der Waals surface area contributed by atoms with Crippen molar-refractivity contribution in [1.29, 1.82) is 0 Å². The smallest absolute Gasteiger partial charge is 0.268 e. The molecule has 2 amide bonds. The first-order valence-corrected chi connectivity index (χ1v) is 17.2. The summed E-state index contributed by atoms with van der Waals surface area (Å²) in [6, 6.07) is 53.2. The normalized spacial score (nSPS) is 12.6. The third-order valence-corrected chi connectivity index (χ3v) is 10.3. The van der Waals surface area contributed by atoms with E-state index < -0.39 is 0 Å². The van der Waals surface area contributed by atoms with Gasteiger partial charge in [-0.25, -0.2) is 4.90 Å². The third kappa shape index (κ3) is 4.64. The first-order chi connectivity index (χ1) is 24.5. The maximum absolute atomic E-state index is 14.8. The summed E-state index contributed by atoms with van der Waals surface area (Å²) < 4.78 is 2.22. The fourth-order valence-electron chi connectivity index (χ4n) is 7.39. The topological polar surface area (TPSA) is 42.3 Å². The van der Waals surface area contributed by atoms with Gasteiger partial charge in [0, 0.05) is 21.9 Å². The standard InChI is InChI=1S/C45H31N2O2P/c1-28-21-23-31(24-22-28)34-16-9-18-36-35-17-8-15-33(30-13-6-3-7-14-30)42(35)46(43(34)36)38-20-10-19-37-41(38)45(49)47(44(37)48)39-27-32(25-26-40(39)50)29-11-4-2-5-12-29/h2-27H,50H2,1H3.